The van der Waals surface area contributed by atoms with E-state index in [-0.39, 0.29) is 5.56 Å². The van der Waals surface area contributed by atoms with Crippen molar-refractivity contribution in [2.24, 2.45) is 0 Å². The molecule has 4 aromatic rings. The second-order valence-corrected chi connectivity index (χ2v) is 6.47. The van der Waals surface area contributed by atoms with Crippen molar-refractivity contribution in [3.8, 4) is 34.3 Å². The van der Waals surface area contributed by atoms with Gasteiger partial charge in [-0.2, -0.15) is 4.98 Å². The van der Waals surface area contributed by atoms with E-state index in [0.29, 0.717) is 46.5 Å². The molecule has 0 fully saturated rings. The van der Waals surface area contributed by atoms with E-state index in [1.807, 2.05) is 25.1 Å². The first-order valence-electron chi connectivity index (χ1n) is 9.12. The molecule has 4 rings (SSSR count). The van der Waals surface area contributed by atoms with Crippen LogP contribution in [0.5, 0.6) is 11.5 Å². The molecule has 0 radical (unpaired) electrons. The largest absolute Gasteiger partial charge is 0.497 e. The van der Waals surface area contributed by atoms with E-state index < -0.39 is 0 Å². The minimum Gasteiger partial charge on any atom is -0.497 e. The van der Waals surface area contributed by atoms with E-state index in [2.05, 4.69) is 15.1 Å². The SMILES string of the molecule is CCn1c(=O)c(C)nc2cc(-c3noc(-c4cc(OC)cc(OC)c4)n3)ccc21. The average Bonchev–Trinajstić information content (AvgIpc) is 3.24. The summed E-state index contributed by atoms with van der Waals surface area (Å²) in [5.41, 5.74) is 3.28. The number of methoxy groups -OCH3 is 2. The molecule has 0 aliphatic rings. The van der Waals surface area contributed by atoms with Gasteiger partial charge in [-0.05, 0) is 44.2 Å². The van der Waals surface area contributed by atoms with E-state index in [9.17, 15) is 4.79 Å². The van der Waals surface area contributed by atoms with Crippen molar-refractivity contribution in [3.05, 3.63) is 52.4 Å². The van der Waals surface area contributed by atoms with Crippen molar-refractivity contribution < 1.29 is 14.0 Å². The van der Waals surface area contributed by atoms with E-state index >= 15 is 0 Å². The van der Waals surface area contributed by atoms with E-state index in [4.69, 9.17) is 14.0 Å². The van der Waals surface area contributed by atoms with Crippen LogP contribution in [-0.2, 0) is 6.54 Å². The Morgan fingerprint density at radius 1 is 1.00 bits per heavy atom. The molecule has 8 heteroatoms. The van der Waals surface area contributed by atoms with Crippen LogP contribution in [0.25, 0.3) is 33.9 Å². The Labute approximate surface area is 166 Å². The fourth-order valence-corrected chi connectivity index (χ4v) is 3.22. The van der Waals surface area contributed by atoms with Gasteiger partial charge in [0.15, 0.2) is 0 Å². The first-order valence-corrected chi connectivity index (χ1v) is 9.12. The molecule has 2 aromatic carbocycles. The number of aromatic nitrogens is 4. The maximum Gasteiger partial charge on any atom is 0.272 e. The predicted molar refractivity (Wildman–Crippen MR) is 108 cm³/mol. The normalized spacial score (nSPS) is 11.0. The summed E-state index contributed by atoms with van der Waals surface area (Å²) in [7, 11) is 3.16. The number of benzene rings is 2. The summed E-state index contributed by atoms with van der Waals surface area (Å²) in [6.07, 6.45) is 0. The highest BCUT2D eigenvalue weighted by Gasteiger charge is 2.15. The summed E-state index contributed by atoms with van der Waals surface area (Å²) in [6, 6.07) is 10.9. The van der Waals surface area contributed by atoms with Crippen molar-refractivity contribution >= 4 is 11.0 Å². The molecular formula is C21H20N4O4. The number of hydrogen-bond acceptors (Lipinski definition) is 7. The van der Waals surface area contributed by atoms with Crippen molar-refractivity contribution in [3.63, 3.8) is 0 Å². The first-order chi connectivity index (χ1) is 14.0. The number of nitrogens with zero attached hydrogens (tertiary/aromatic N) is 4. The Balaban J connectivity index is 1.78. The van der Waals surface area contributed by atoms with Crippen molar-refractivity contribution in [2.45, 2.75) is 20.4 Å². The van der Waals surface area contributed by atoms with Gasteiger partial charge in [-0.3, -0.25) is 4.79 Å². The van der Waals surface area contributed by atoms with Crippen LogP contribution in [0.4, 0.5) is 0 Å². The van der Waals surface area contributed by atoms with Gasteiger partial charge in [0.05, 0.1) is 25.3 Å². The van der Waals surface area contributed by atoms with Crippen LogP contribution in [-0.4, -0.2) is 33.9 Å². The van der Waals surface area contributed by atoms with Gasteiger partial charge < -0.3 is 18.6 Å². The fourth-order valence-electron chi connectivity index (χ4n) is 3.22. The predicted octanol–water partition coefficient (Wildman–Crippen LogP) is 3.46. The second-order valence-electron chi connectivity index (χ2n) is 6.47. The minimum absolute atomic E-state index is 0.0819. The van der Waals surface area contributed by atoms with Crippen LogP contribution in [0.2, 0.25) is 0 Å². The van der Waals surface area contributed by atoms with Gasteiger partial charge in [0.2, 0.25) is 5.82 Å². The van der Waals surface area contributed by atoms with Crippen LogP contribution in [0.3, 0.4) is 0 Å². The lowest BCUT2D eigenvalue weighted by atomic mass is 10.1. The maximum atomic E-state index is 12.3. The van der Waals surface area contributed by atoms with Gasteiger partial charge >= 0.3 is 0 Å². The molecule has 2 heterocycles. The molecule has 0 aliphatic carbocycles. The summed E-state index contributed by atoms with van der Waals surface area (Å²) in [6.45, 7) is 4.22. The molecule has 148 valence electrons. The second kappa shape index (κ2) is 7.38. The summed E-state index contributed by atoms with van der Waals surface area (Å²) < 4.78 is 17.7. The summed E-state index contributed by atoms with van der Waals surface area (Å²) in [4.78, 5) is 21.2. The molecule has 0 spiro atoms. The number of fused-ring (bicyclic) bond motifs is 1. The molecule has 2 aromatic heterocycles. The van der Waals surface area contributed by atoms with E-state index in [1.165, 1.54) is 0 Å². The molecule has 0 saturated heterocycles. The standard InChI is InChI=1S/C21H20N4O4/c1-5-25-18-7-6-13(10-17(18)22-12(2)21(25)26)19-23-20(29-24-19)14-8-15(27-3)11-16(9-14)28-4/h6-11H,5H2,1-4H3. The zero-order chi connectivity index (χ0) is 20.5. The van der Waals surface area contributed by atoms with Crippen LogP contribution in [0.1, 0.15) is 12.6 Å². The van der Waals surface area contributed by atoms with Gasteiger partial charge in [0.1, 0.15) is 17.2 Å². The summed E-state index contributed by atoms with van der Waals surface area (Å²) in [5.74, 6) is 2.03. The van der Waals surface area contributed by atoms with E-state index in [0.717, 1.165) is 11.1 Å². The average molecular weight is 392 g/mol. The highest BCUT2D eigenvalue weighted by Crippen LogP contribution is 2.30. The van der Waals surface area contributed by atoms with Gasteiger partial charge in [-0.1, -0.05) is 5.16 Å². The Morgan fingerprint density at radius 2 is 1.72 bits per heavy atom. The third-order valence-corrected chi connectivity index (χ3v) is 4.71. The topological polar surface area (TPSA) is 92.3 Å². The Morgan fingerprint density at radius 3 is 2.38 bits per heavy atom. The first kappa shape index (κ1) is 18.7. The van der Waals surface area contributed by atoms with Crippen molar-refractivity contribution in [1.82, 2.24) is 19.7 Å². The Kier molecular flexibility index (Phi) is 4.75. The van der Waals surface area contributed by atoms with Crippen LogP contribution < -0.4 is 15.0 Å². The van der Waals surface area contributed by atoms with E-state index in [1.54, 1.807) is 43.9 Å². The molecule has 8 nitrogen and oxygen atoms in total. The molecule has 0 bridgehead atoms. The number of hydrogen-bond donors (Lipinski definition) is 0. The van der Waals surface area contributed by atoms with Crippen molar-refractivity contribution in [2.75, 3.05) is 14.2 Å². The van der Waals surface area contributed by atoms with Crippen LogP contribution in [0.15, 0.2) is 45.7 Å². The zero-order valence-electron chi connectivity index (χ0n) is 16.6. The molecule has 0 N–H and O–H groups in total. The summed E-state index contributed by atoms with van der Waals surface area (Å²) >= 11 is 0. The molecule has 0 saturated carbocycles. The van der Waals surface area contributed by atoms with Crippen LogP contribution in [0, 0.1) is 6.92 Å². The lowest BCUT2D eigenvalue weighted by molar-refractivity contribution is 0.393. The molecule has 0 amide bonds. The monoisotopic (exact) mass is 392 g/mol. The van der Waals surface area contributed by atoms with Gasteiger partial charge in [-0.15, -0.1) is 0 Å². The zero-order valence-corrected chi connectivity index (χ0v) is 16.6. The van der Waals surface area contributed by atoms with Gasteiger partial charge in [0, 0.05) is 23.7 Å². The number of ether oxygens (including phenoxy) is 2. The third-order valence-electron chi connectivity index (χ3n) is 4.71. The minimum atomic E-state index is -0.0819. The highest BCUT2D eigenvalue weighted by molar-refractivity contribution is 5.80. The number of rotatable bonds is 5. The quantitative estimate of drug-likeness (QED) is 0.513. The maximum absolute atomic E-state index is 12.3. The summed E-state index contributed by atoms with van der Waals surface area (Å²) in [5, 5.41) is 4.10. The Bertz CT molecular complexity index is 1240. The van der Waals surface area contributed by atoms with Crippen molar-refractivity contribution in [1.29, 1.82) is 0 Å². The highest BCUT2D eigenvalue weighted by atomic mass is 16.5. The lowest BCUT2D eigenvalue weighted by Gasteiger charge is -2.09. The smallest absolute Gasteiger partial charge is 0.272 e. The van der Waals surface area contributed by atoms with Gasteiger partial charge in [0.25, 0.3) is 11.4 Å². The molecule has 0 atom stereocenters. The molecular weight excluding hydrogens is 372 g/mol. The van der Waals surface area contributed by atoms with Crippen LogP contribution >= 0.6 is 0 Å². The number of aryl methyl sites for hydroxylation is 2. The lowest BCUT2D eigenvalue weighted by Crippen LogP contribution is -2.23. The third kappa shape index (κ3) is 3.33. The molecule has 0 aliphatic heterocycles. The Hall–Kier alpha value is -3.68. The molecule has 29 heavy (non-hydrogen) atoms. The fraction of sp³-hybridized carbons (Fsp3) is 0.238. The van der Waals surface area contributed by atoms with Gasteiger partial charge in [-0.25, -0.2) is 4.98 Å². The molecule has 0 unspecified atom stereocenters.